The lowest BCUT2D eigenvalue weighted by molar-refractivity contribution is 0.157. The summed E-state index contributed by atoms with van der Waals surface area (Å²) in [5.41, 5.74) is 5.84. The average Bonchev–Trinajstić information content (AvgIpc) is 3.38. The molecule has 4 rings (SSSR count). The van der Waals surface area contributed by atoms with Crippen LogP contribution in [0.15, 0.2) is 21.2 Å². The van der Waals surface area contributed by atoms with Gasteiger partial charge in [0.2, 0.25) is 5.88 Å². The second-order valence-corrected chi connectivity index (χ2v) is 9.53. The van der Waals surface area contributed by atoms with Crippen LogP contribution in [0.3, 0.4) is 0 Å². The van der Waals surface area contributed by atoms with Crippen LogP contribution in [-0.4, -0.2) is 36.7 Å². The van der Waals surface area contributed by atoms with Crippen LogP contribution in [0.1, 0.15) is 41.5 Å². The van der Waals surface area contributed by atoms with Crippen LogP contribution >= 0.6 is 0 Å². The number of ether oxygens (including phenoxy) is 1. The summed E-state index contributed by atoms with van der Waals surface area (Å²) in [7, 11) is -1.89. The van der Waals surface area contributed by atoms with E-state index in [0.717, 1.165) is 56.8 Å². The van der Waals surface area contributed by atoms with E-state index >= 15 is 0 Å². The molecular formula is C20H27N5O3S. The maximum Gasteiger partial charge on any atom is 0.354 e. The lowest BCUT2D eigenvalue weighted by Crippen LogP contribution is -2.32. The van der Waals surface area contributed by atoms with Gasteiger partial charge in [-0.3, -0.25) is 0 Å². The summed E-state index contributed by atoms with van der Waals surface area (Å²) in [5, 5.41) is 13.6. The second kappa shape index (κ2) is 8.16. The monoisotopic (exact) mass is 417 g/mol. The topological polar surface area (TPSA) is 116 Å². The smallest absolute Gasteiger partial charge is 0.354 e. The van der Waals surface area contributed by atoms with Gasteiger partial charge in [0.25, 0.3) is 0 Å². The molecule has 1 atom stereocenters. The van der Waals surface area contributed by atoms with Crippen molar-refractivity contribution >= 4 is 27.8 Å². The predicted octanol–water partition coefficient (Wildman–Crippen LogP) is 2.63. The molecule has 1 saturated heterocycles. The number of hydrogen-bond acceptors (Lipinski definition) is 5. The van der Waals surface area contributed by atoms with Crippen molar-refractivity contribution in [3.63, 3.8) is 0 Å². The Labute approximate surface area is 171 Å². The summed E-state index contributed by atoms with van der Waals surface area (Å²) >= 11 is 0. The van der Waals surface area contributed by atoms with Crippen LogP contribution in [0, 0.1) is 5.41 Å². The van der Waals surface area contributed by atoms with Crippen molar-refractivity contribution in [2.45, 2.75) is 44.9 Å². The number of amides is 2. The normalized spacial score (nSPS) is 21.1. The predicted molar refractivity (Wildman–Crippen MR) is 114 cm³/mol. The molecule has 9 heteroatoms. The Hall–Kier alpha value is -2.39. The minimum absolute atomic E-state index is 0.0402. The van der Waals surface area contributed by atoms with Gasteiger partial charge in [-0.25, -0.2) is 13.7 Å². The molecule has 1 heterocycles. The molecule has 0 aromatic heterocycles. The Kier molecular flexibility index (Phi) is 5.60. The van der Waals surface area contributed by atoms with Gasteiger partial charge in [0.1, 0.15) is 4.91 Å². The van der Waals surface area contributed by atoms with Crippen molar-refractivity contribution < 1.29 is 13.7 Å². The van der Waals surface area contributed by atoms with E-state index in [1.165, 1.54) is 29.3 Å². The molecule has 29 heavy (non-hydrogen) atoms. The number of rotatable bonds is 4. The number of fused-ring (bicyclic) bond motifs is 2. The summed E-state index contributed by atoms with van der Waals surface area (Å²) in [6, 6.07) is 1.62. The third-order valence-corrected chi connectivity index (χ3v) is 7.57. The zero-order valence-electron chi connectivity index (χ0n) is 16.6. The van der Waals surface area contributed by atoms with Crippen molar-refractivity contribution in [3.05, 3.63) is 39.1 Å². The number of anilines is 1. The number of nitrogens with zero attached hydrogens (tertiary/aromatic N) is 1. The third-order valence-electron chi connectivity index (χ3n) is 5.70. The van der Waals surface area contributed by atoms with Crippen molar-refractivity contribution in [1.82, 2.24) is 10.0 Å². The standard InChI is InChI=1S/C20H27N5O3S/c1-22-29(27,17(12-21)19-23-9-4-10-28-19)25-20(26)24-18-15-7-2-5-13(15)11-14-6-3-8-16(14)18/h11-12,21,23H,2-10H2,1H3,(H2,22,24,25,26,27)/b19-17-,21-12?. The first-order valence-corrected chi connectivity index (χ1v) is 11.6. The number of nitrogens with one attached hydrogen (secondary N) is 4. The highest BCUT2D eigenvalue weighted by atomic mass is 32.2. The Bertz CT molecular complexity index is 968. The maximum absolute atomic E-state index is 13.4. The Morgan fingerprint density at radius 3 is 2.45 bits per heavy atom. The molecule has 8 nitrogen and oxygen atoms in total. The van der Waals surface area contributed by atoms with Crippen LogP contribution in [0.4, 0.5) is 10.5 Å². The van der Waals surface area contributed by atoms with Crippen molar-refractivity contribution in [2.75, 3.05) is 25.5 Å². The summed E-state index contributed by atoms with van der Waals surface area (Å²) in [5.74, 6) is 0.239. The zero-order valence-corrected chi connectivity index (χ0v) is 17.4. The molecule has 2 amide bonds. The fourth-order valence-corrected chi connectivity index (χ4v) is 5.58. The number of urea groups is 1. The van der Waals surface area contributed by atoms with Gasteiger partial charge in [-0.05, 0) is 74.2 Å². The molecule has 1 fully saturated rings. The van der Waals surface area contributed by atoms with Crippen molar-refractivity contribution in [2.24, 2.45) is 4.36 Å². The first-order valence-electron chi connectivity index (χ1n) is 10.1. The number of allylic oxidation sites excluding steroid dienone is 1. The minimum Gasteiger partial charge on any atom is -0.478 e. The highest BCUT2D eigenvalue weighted by molar-refractivity contribution is 7.96. The van der Waals surface area contributed by atoms with Gasteiger partial charge in [-0.15, -0.1) is 4.36 Å². The van der Waals surface area contributed by atoms with Gasteiger partial charge in [0.15, 0.2) is 9.92 Å². The third kappa shape index (κ3) is 3.76. The van der Waals surface area contributed by atoms with Gasteiger partial charge < -0.3 is 20.8 Å². The molecule has 1 unspecified atom stereocenters. The molecule has 1 aromatic rings. The van der Waals surface area contributed by atoms with Crippen LogP contribution < -0.4 is 15.4 Å². The Morgan fingerprint density at radius 2 is 1.90 bits per heavy atom. The van der Waals surface area contributed by atoms with E-state index in [4.69, 9.17) is 10.1 Å². The lowest BCUT2D eigenvalue weighted by Gasteiger charge is -2.21. The molecule has 2 aliphatic carbocycles. The molecule has 0 bridgehead atoms. The summed E-state index contributed by atoms with van der Waals surface area (Å²) in [6.07, 6.45) is 7.85. The first kappa shape index (κ1) is 19.9. The number of carbonyl (C=O) groups excluding carboxylic acids is 1. The highest BCUT2D eigenvalue weighted by Crippen LogP contribution is 2.38. The fraction of sp³-hybridized carbons (Fsp3) is 0.500. The van der Waals surface area contributed by atoms with E-state index in [9.17, 15) is 9.00 Å². The molecule has 0 spiro atoms. The summed E-state index contributed by atoms with van der Waals surface area (Å²) in [4.78, 5) is 12.9. The fourth-order valence-electron chi connectivity index (χ4n) is 4.35. The lowest BCUT2D eigenvalue weighted by atomic mass is 9.99. The number of hydrogen-bond donors (Lipinski definition) is 4. The van der Waals surface area contributed by atoms with Gasteiger partial charge in [-0.2, -0.15) is 0 Å². The van der Waals surface area contributed by atoms with E-state index in [1.807, 2.05) is 0 Å². The van der Waals surface area contributed by atoms with E-state index in [2.05, 4.69) is 25.8 Å². The quantitative estimate of drug-likeness (QED) is 0.564. The molecule has 3 aliphatic rings. The molecular weight excluding hydrogens is 390 g/mol. The van der Waals surface area contributed by atoms with E-state index in [1.54, 1.807) is 0 Å². The van der Waals surface area contributed by atoms with Gasteiger partial charge in [0.05, 0.1) is 6.61 Å². The van der Waals surface area contributed by atoms with Crippen molar-refractivity contribution in [3.8, 4) is 0 Å². The first-order chi connectivity index (χ1) is 14.1. The molecule has 0 radical (unpaired) electrons. The van der Waals surface area contributed by atoms with E-state index in [-0.39, 0.29) is 10.8 Å². The van der Waals surface area contributed by atoms with Gasteiger partial charge >= 0.3 is 6.03 Å². The zero-order chi connectivity index (χ0) is 20.4. The largest absolute Gasteiger partial charge is 0.478 e. The summed E-state index contributed by atoms with van der Waals surface area (Å²) in [6.45, 7) is 1.12. The summed E-state index contributed by atoms with van der Waals surface area (Å²) < 4.78 is 25.5. The molecule has 156 valence electrons. The van der Waals surface area contributed by atoms with Crippen molar-refractivity contribution in [1.29, 1.82) is 5.41 Å². The van der Waals surface area contributed by atoms with Gasteiger partial charge in [-0.1, -0.05) is 6.07 Å². The van der Waals surface area contributed by atoms with Crippen LogP contribution in [0.2, 0.25) is 0 Å². The minimum atomic E-state index is -3.35. The molecule has 0 saturated carbocycles. The molecule has 4 N–H and O–H groups in total. The number of carbonyl (C=O) groups is 1. The van der Waals surface area contributed by atoms with Gasteiger partial charge in [0, 0.05) is 18.4 Å². The Balaban J connectivity index is 1.69. The van der Waals surface area contributed by atoms with Crippen LogP contribution in [-0.2, 0) is 40.3 Å². The average molecular weight is 418 g/mol. The second-order valence-electron chi connectivity index (χ2n) is 7.45. The highest BCUT2D eigenvalue weighted by Gasteiger charge is 2.26. The van der Waals surface area contributed by atoms with E-state index < -0.39 is 15.9 Å². The molecule has 1 aliphatic heterocycles. The SMILES string of the molecule is CNS(=O)(=NC(=O)Nc1c2c(cc3c1CCC3)CCC2)/C(C=N)=C1/NCCCO1. The maximum atomic E-state index is 13.4. The number of benzene rings is 1. The van der Waals surface area contributed by atoms with Crippen LogP contribution in [0.25, 0.3) is 0 Å². The van der Waals surface area contributed by atoms with Crippen LogP contribution in [0.5, 0.6) is 0 Å². The Morgan fingerprint density at radius 1 is 1.21 bits per heavy atom. The molecule has 1 aromatic carbocycles. The number of aryl methyl sites for hydroxylation is 2. The van der Waals surface area contributed by atoms with E-state index in [0.29, 0.717) is 13.2 Å².